The molecule has 0 unspecified atom stereocenters. The van der Waals surface area contributed by atoms with Gasteiger partial charge in [0.1, 0.15) is 10.7 Å². The van der Waals surface area contributed by atoms with Crippen molar-refractivity contribution in [2.45, 2.75) is 0 Å². The summed E-state index contributed by atoms with van der Waals surface area (Å²) in [4.78, 5) is 11.2. The van der Waals surface area contributed by atoms with E-state index >= 15 is 0 Å². The predicted molar refractivity (Wildman–Crippen MR) is 72.5 cm³/mol. The van der Waals surface area contributed by atoms with Crippen LogP contribution < -0.4 is 11.0 Å². The Morgan fingerprint density at radius 1 is 1.33 bits per heavy atom. The van der Waals surface area contributed by atoms with Crippen LogP contribution in [0.2, 0.25) is 10.0 Å². The first-order valence-electron chi connectivity index (χ1n) is 4.95. The molecule has 2 rings (SSSR count). The number of rotatable bonds is 3. The molecule has 0 saturated heterocycles. The Hall–Kier alpha value is -1.85. The lowest BCUT2D eigenvalue weighted by Crippen LogP contribution is -2.10. The van der Waals surface area contributed by atoms with Gasteiger partial charge in [-0.15, -0.1) is 0 Å². The minimum absolute atomic E-state index is 0.00121. The topological polar surface area (TPSA) is 70.1 Å². The van der Waals surface area contributed by atoms with Gasteiger partial charge in [0, 0.05) is 10.6 Å². The number of nitrogens with zero attached hydrogens (tertiary/aromatic N) is 2. The zero-order chi connectivity index (χ0) is 13.0. The van der Waals surface area contributed by atoms with Crippen molar-refractivity contribution in [3.8, 4) is 0 Å². The molecular weight excluding hydrogens is 275 g/mol. The van der Waals surface area contributed by atoms with Crippen LogP contribution in [0, 0.1) is 0 Å². The highest BCUT2D eigenvalue weighted by atomic mass is 35.5. The van der Waals surface area contributed by atoms with Crippen LogP contribution in [0.25, 0.3) is 0 Å². The van der Waals surface area contributed by atoms with Crippen LogP contribution in [-0.4, -0.2) is 16.4 Å². The molecule has 5 nitrogen and oxygen atoms in total. The molecule has 0 fully saturated rings. The average Bonchev–Trinajstić information content (AvgIpc) is 2.37. The van der Waals surface area contributed by atoms with E-state index in [-0.39, 0.29) is 5.02 Å². The molecule has 0 saturated carbocycles. The van der Waals surface area contributed by atoms with Crippen molar-refractivity contribution in [2.24, 2.45) is 5.10 Å². The van der Waals surface area contributed by atoms with Crippen molar-refractivity contribution < 1.29 is 0 Å². The minimum Gasteiger partial charge on any atom is -0.275 e. The highest BCUT2D eigenvalue weighted by Crippen LogP contribution is 2.15. The molecule has 0 aliphatic heterocycles. The summed E-state index contributed by atoms with van der Waals surface area (Å²) in [6.45, 7) is 0. The standard InChI is InChI=1S/C11H8Cl2N4O/c12-8-4-2-1-3-7(8)5-14-16-9-6-15-17-11(18)10(9)13/h1-6H,(H2,16,17,18)/b14-5+. The number of anilines is 1. The summed E-state index contributed by atoms with van der Waals surface area (Å²) < 4.78 is 0. The smallest absolute Gasteiger partial charge is 0.275 e. The minimum atomic E-state index is -0.477. The lowest BCUT2D eigenvalue weighted by Gasteiger charge is -2.01. The van der Waals surface area contributed by atoms with E-state index < -0.39 is 5.56 Å². The number of aromatic amines is 1. The molecule has 1 aromatic carbocycles. The van der Waals surface area contributed by atoms with Gasteiger partial charge in [-0.1, -0.05) is 41.4 Å². The van der Waals surface area contributed by atoms with Gasteiger partial charge in [-0.25, -0.2) is 5.10 Å². The monoisotopic (exact) mass is 282 g/mol. The lowest BCUT2D eigenvalue weighted by molar-refractivity contribution is 0.987. The van der Waals surface area contributed by atoms with E-state index in [1.807, 2.05) is 18.2 Å². The molecule has 18 heavy (non-hydrogen) atoms. The van der Waals surface area contributed by atoms with Gasteiger partial charge in [0.05, 0.1) is 12.4 Å². The summed E-state index contributed by atoms with van der Waals surface area (Å²) in [6.07, 6.45) is 2.90. The number of H-pyrrole nitrogens is 1. The maximum atomic E-state index is 11.2. The number of benzene rings is 1. The summed E-state index contributed by atoms with van der Waals surface area (Å²) >= 11 is 11.7. The first-order chi connectivity index (χ1) is 8.68. The second kappa shape index (κ2) is 5.66. The van der Waals surface area contributed by atoms with E-state index in [9.17, 15) is 4.79 Å². The molecule has 1 aromatic heterocycles. The van der Waals surface area contributed by atoms with Gasteiger partial charge >= 0.3 is 0 Å². The van der Waals surface area contributed by atoms with E-state index in [2.05, 4.69) is 20.7 Å². The molecule has 7 heteroatoms. The molecule has 0 amide bonds. The molecule has 0 aliphatic carbocycles. The summed E-state index contributed by atoms with van der Waals surface area (Å²) in [7, 11) is 0. The Kier molecular flexibility index (Phi) is 3.96. The molecule has 2 aromatic rings. The van der Waals surface area contributed by atoms with Crippen LogP contribution in [0.1, 0.15) is 5.56 Å². The van der Waals surface area contributed by atoms with Gasteiger partial charge < -0.3 is 0 Å². The maximum absolute atomic E-state index is 11.2. The van der Waals surface area contributed by atoms with Crippen LogP contribution in [0.3, 0.4) is 0 Å². The second-order valence-corrected chi connectivity index (χ2v) is 4.10. The van der Waals surface area contributed by atoms with Crippen molar-refractivity contribution in [2.75, 3.05) is 5.43 Å². The Labute approximate surface area is 112 Å². The van der Waals surface area contributed by atoms with Gasteiger partial charge in [-0.2, -0.15) is 10.2 Å². The average molecular weight is 283 g/mol. The zero-order valence-electron chi connectivity index (χ0n) is 9.02. The molecule has 0 radical (unpaired) electrons. The number of halogens is 2. The highest BCUT2D eigenvalue weighted by molar-refractivity contribution is 6.33. The molecule has 0 bridgehead atoms. The Balaban J connectivity index is 2.15. The fourth-order valence-corrected chi connectivity index (χ4v) is 1.53. The van der Waals surface area contributed by atoms with Crippen molar-refractivity contribution >= 4 is 35.1 Å². The van der Waals surface area contributed by atoms with Crippen LogP contribution in [0.5, 0.6) is 0 Å². The normalized spacial score (nSPS) is 10.8. The zero-order valence-corrected chi connectivity index (χ0v) is 10.5. The number of hydrazone groups is 1. The first-order valence-corrected chi connectivity index (χ1v) is 5.71. The third-order valence-electron chi connectivity index (χ3n) is 2.09. The van der Waals surface area contributed by atoms with Crippen molar-refractivity contribution in [3.63, 3.8) is 0 Å². The molecule has 1 heterocycles. The highest BCUT2D eigenvalue weighted by Gasteiger charge is 2.02. The molecule has 0 aliphatic rings. The quantitative estimate of drug-likeness (QED) is 0.671. The maximum Gasteiger partial charge on any atom is 0.285 e. The molecular formula is C11H8Cl2N4O. The summed E-state index contributed by atoms with van der Waals surface area (Å²) in [5.41, 5.74) is 3.22. The third-order valence-corrected chi connectivity index (χ3v) is 2.81. The number of aromatic nitrogens is 2. The van der Waals surface area contributed by atoms with Gasteiger partial charge in [0.25, 0.3) is 5.56 Å². The van der Waals surface area contributed by atoms with E-state index in [0.717, 1.165) is 5.56 Å². The van der Waals surface area contributed by atoms with E-state index in [1.54, 1.807) is 6.07 Å². The summed E-state index contributed by atoms with van der Waals surface area (Å²) in [5.74, 6) is 0. The Morgan fingerprint density at radius 3 is 2.89 bits per heavy atom. The first kappa shape index (κ1) is 12.6. The van der Waals surface area contributed by atoms with Crippen LogP contribution >= 0.6 is 23.2 Å². The van der Waals surface area contributed by atoms with E-state index in [0.29, 0.717) is 10.7 Å². The lowest BCUT2D eigenvalue weighted by atomic mass is 10.2. The number of hydrogen-bond donors (Lipinski definition) is 2. The SMILES string of the molecule is O=c1[nH]ncc(N/N=C/c2ccccc2Cl)c1Cl. The molecule has 0 atom stereocenters. The van der Waals surface area contributed by atoms with E-state index in [1.165, 1.54) is 12.4 Å². The molecule has 0 spiro atoms. The fourth-order valence-electron chi connectivity index (χ4n) is 1.21. The Bertz CT molecular complexity index is 639. The van der Waals surface area contributed by atoms with E-state index in [4.69, 9.17) is 23.2 Å². The van der Waals surface area contributed by atoms with Crippen molar-refractivity contribution in [1.82, 2.24) is 10.2 Å². The number of nitrogens with one attached hydrogen (secondary N) is 2. The number of hydrogen-bond acceptors (Lipinski definition) is 4. The third kappa shape index (κ3) is 2.88. The Morgan fingerprint density at radius 2 is 2.11 bits per heavy atom. The van der Waals surface area contributed by atoms with Crippen molar-refractivity contribution in [1.29, 1.82) is 0 Å². The van der Waals surface area contributed by atoms with Gasteiger partial charge in [-0.3, -0.25) is 10.2 Å². The molecule has 92 valence electrons. The van der Waals surface area contributed by atoms with Gasteiger partial charge in [0.2, 0.25) is 0 Å². The van der Waals surface area contributed by atoms with Crippen LogP contribution in [0.4, 0.5) is 5.69 Å². The van der Waals surface area contributed by atoms with Gasteiger partial charge in [0.15, 0.2) is 0 Å². The fraction of sp³-hybridized carbons (Fsp3) is 0. The van der Waals surface area contributed by atoms with Crippen LogP contribution in [0.15, 0.2) is 40.4 Å². The second-order valence-electron chi connectivity index (χ2n) is 3.32. The van der Waals surface area contributed by atoms with Crippen LogP contribution in [-0.2, 0) is 0 Å². The predicted octanol–water partition coefficient (Wildman–Crippen LogP) is 2.52. The molecule has 2 N–H and O–H groups in total. The summed E-state index contributed by atoms with van der Waals surface area (Å²) in [5, 5.41) is 10.3. The largest absolute Gasteiger partial charge is 0.285 e. The van der Waals surface area contributed by atoms with Crippen molar-refractivity contribution in [3.05, 3.63) is 56.4 Å². The van der Waals surface area contributed by atoms with Gasteiger partial charge in [-0.05, 0) is 6.07 Å². The summed E-state index contributed by atoms with van der Waals surface area (Å²) in [6, 6.07) is 7.23.